The average Bonchev–Trinajstić information content (AvgIpc) is 3.53. The Morgan fingerprint density at radius 1 is 1.12 bits per heavy atom. The van der Waals surface area contributed by atoms with Crippen LogP contribution in [0.25, 0.3) is 10.9 Å². The highest BCUT2D eigenvalue weighted by Crippen LogP contribution is 2.57. The summed E-state index contributed by atoms with van der Waals surface area (Å²) >= 11 is 5.89. The van der Waals surface area contributed by atoms with Crippen LogP contribution in [0.15, 0.2) is 41.2 Å². The molecule has 0 radical (unpaired) electrons. The quantitative estimate of drug-likeness (QED) is 0.265. The number of aromatic amines is 1. The lowest BCUT2D eigenvalue weighted by molar-refractivity contribution is -0.168. The molecule has 1 N–H and O–H groups in total. The van der Waals surface area contributed by atoms with Crippen molar-refractivity contribution in [3.63, 3.8) is 0 Å². The average molecular weight is 504 g/mol. The van der Waals surface area contributed by atoms with E-state index in [-0.39, 0.29) is 34.3 Å². The van der Waals surface area contributed by atoms with Gasteiger partial charge in [0.05, 0.1) is 5.52 Å². The molecule has 0 saturated heterocycles. The minimum Gasteiger partial charge on any atom is -0.305 e. The lowest BCUT2D eigenvalue weighted by Gasteiger charge is -2.28. The number of H-pyrrole nitrogens is 1. The van der Waals surface area contributed by atoms with E-state index in [1.54, 1.807) is 0 Å². The van der Waals surface area contributed by atoms with Crippen molar-refractivity contribution < 1.29 is 30.7 Å². The van der Waals surface area contributed by atoms with E-state index in [1.807, 2.05) is 0 Å². The Labute approximate surface area is 192 Å². The van der Waals surface area contributed by atoms with Gasteiger partial charge in [-0.25, -0.2) is 22.4 Å². The Bertz CT molecular complexity index is 1370. The van der Waals surface area contributed by atoms with Crippen LogP contribution >= 0.6 is 11.6 Å². The molecule has 178 valence electrons. The first-order valence-electron chi connectivity index (χ1n) is 9.72. The molecule has 0 amide bonds. The molecule has 12 heteroatoms. The smallest absolute Gasteiger partial charge is 0.305 e. The number of fused-ring (bicyclic) bond motifs is 1. The normalized spacial score (nSPS) is 15.7. The molecule has 1 heterocycles. The van der Waals surface area contributed by atoms with Gasteiger partial charge < -0.3 is 4.98 Å². The molecule has 34 heavy (non-hydrogen) atoms. The maximum atomic E-state index is 14.8. The fourth-order valence-electron chi connectivity index (χ4n) is 3.37. The first-order chi connectivity index (χ1) is 15.9. The number of anilines is 2. The summed E-state index contributed by atoms with van der Waals surface area (Å²) in [7, 11) is 0. The predicted molar refractivity (Wildman–Crippen MR) is 111 cm³/mol. The number of nitrogens with zero attached hydrogens (tertiary/aromatic N) is 2. The molecule has 1 saturated carbocycles. The van der Waals surface area contributed by atoms with Gasteiger partial charge in [-0.15, -0.1) is 0 Å². The van der Waals surface area contributed by atoms with Crippen LogP contribution in [0.4, 0.5) is 42.2 Å². The Balaban J connectivity index is 1.88. The molecular formula is C22H13ClF7N3O. The second-order valence-corrected chi connectivity index (χ2v) is 8.10. The van der Waals surface area contributed by atoms with Gasteiger partial charge >= 0.3 is 11.9 Å². The van der Waals surface area contributed by atoms with Crippen molar-refractivity contribution >= 4 is 34.0 Å². The second-order valence-electron chi connectivity index (χ2n) is 7.66. The van der Waals surface area contributed by atoms with Gasteiger partial charge in [-0.2, -0.15) is 18.2 Å². The van der Waals surface area contributed by atoms with Crippen molar-refractivity contribution in [2.75, 3.05) is 4.90 Å². The van der Waals surface area contributed by atoms with Gasteiger partial charge in [-0.1, -0.05) is 23.4 Å². The number of hydrogen-bond acceptors (Lipinski definition) is 3. The Morgan fingerprint density at radius 3 is 2.44 bits per heavy atom. The largest absolute Gasteiger partial charge is 0.405 e. The lowest BCUT2D eigenvalue weighted by atomic mass is 10.1. The Morgan fingerprint density at radius 2 is 1.82 bits per heavy atom. The summed E-state index contributed by atoms with van der Waals surface area (Å²) in [5.74, 6) is 2.65. The van der Waals surface area contributed by atoms with Crippen LogP contribution < -0.4 is 10.6 Å². The van der Waals surface area contributed by atoms with Gasteiger partial charge in [0.2, 0.25) is 6.30 Å². The zero-order valence-electron chi connectivity index (χ0n) is 16.9. The van der Waals surface area contributed by atoms with E-state index in [1.165, 1.54) is 18.2 Å². The molecule has 4 nitrogen and oxygen atoms in total. The molecule has 1 fully saturated rings. The summed E-state index contributed by atoms with van der Waals surface area (Å²) < 4.78 is 95.5. The summed E-state index contributed by atoms with van der Waals surface area (Å²) in [4.78, 5) is 18.3. The SMILES string of the molecule is O=c1nc(N(c2cc(F)cc(C#CC3(C(F)(F)F)CC3)c2)C(F)C(F)F)c2ccc(Cl)cc2[nH]1. The fourth-order valence-corrected chi connectivity index (χ4v) is 3.55. The van der Waals surface area contributed by atoms with Crippen LogP contribution in [0.5, 0.6) is 0 Å². The number of nitrogens with one attached hydrogen (secondary N) is 1. The van der Waals surface area contributed by atoms with Crippen molar-refractivity contribution in [1.29, 1.82) is 0 Å². The number of alkyl halides is 6. The topological polar surface area (TPSA) is 49.0 Å². The zero-order valence-corrected chi connectivity index (χ0v) is 17.6. The van der Waals surface area contributed by atoms with E-state index in [9.17, 15) is 35.5 Å². The molecule has 3 aromatic rings. The van der Waals surface area contributed by atoms with Crippen LogP contribution in [0.1, 0.15) is 18.4 Å². The number of benzene rings is 2. The number of halogens is 8. The first-order valence-corrected chi connectivity index (χ1v) is 10.1. The van der Waals surface area contributed by atoms with Gasteiger partial charge in [0.15, 0.2) is 5.82 Å². The third kappa shape index (κ3) is 4.55. The molecule has 1 aromatic heterocycles. The standard InChI is InChI=1S/C22H13ClF7N3O/c23-12-1-2-15-16(9-12)31-20(34)32-19(15)33(18(27)17(25)26)14-8-11(7-13(24)10-14)3-4-21(5-6-21)22(28,29)30/h1-2,7-10,17-18H,5-6H2,(H,31,32,34). The molecule has 1 unspecified atom stereocenters. The van der Waals surface area contributed by atoms with Crippen molar-refractivity contribution in [3.8, 4) is 11.8 Å². The summed E-state index contributed by atoms with van der Waals surface area (Å²) in [6, 6.07) is 6.34. The fraction of sp³-hybridized carbons (Fsp3) is 0.273. The maximum Gasteiger partial charge on any atom is 0.405 e. The molecular weight excluding hydrogens is 491 g/mol. The second kappa shape index (κ2) is 8.51. The zero-order chi connectivity index (χ0) is 24.8. The first kappa shape index (κ1) is 23.9. The molecule has 2 aromatic carbocycles. The van der Waals surface area contributed by atoms with Crippen molar-refractivity contribution in [2.45, 2.75) is 31.7 Å². The van der Waals surface area contributed by atoms with Crippen molar-refractivity contribution in [3.05, 3.63) is 63.3 Å². The van der Waals surface area contributed by atoms with E-state index in [4.69, 9.17) is 11.6 Å². The van der Waals surface area contributed by atoms with E-state index in [0.717, 1.165) is 12.1 Å². The minimum atomic E-state index is -4.59. The number of rotatable bonds is 4. The maximum absolute atomic E-state index is 14.8. The Kier molecular flexibility index (Phi) is 5.97. The van der Waals surface area contributed by atoms with E-state index >= 15 is 0 Å². The molecule has 0 aliphatic heterocycles. The summed E-state index contributed by atoms with van der Waals surface area (Å²) in [6.07, 6.45) is -11.7. The molecule has 1 atom stereocenters. The van der Waals surface area contributed by atoms with Crippen LogP contribution in [0.2, 0.25) is 5.02 Å². The van der Waals surface area contributed by atoms with Gasteiger partial charge in [0, 0.05) is 21.7 Å². The lowest BCUT2D eigenvalue weighted by Crippen LogP contribution is -2.35. The van der Waals surface area contributed by atoms with Gasteiger partial charge in [0.25, 0.3) is 6.43 Å². The van der Waals surface area contributed by atoms with E-state index in [2.05, 4.69) is 21.8 Å². The third-order valence-corrected chi connectivity index (χ3v) is 5.49. The van der Waals surface area contributed by atoms with Crippen molar-refractivity contribution in [1.82, 2.24) is 9.97 Å². The van der Waals surface area contributed by atoms with Crippen molar-refractivity contribution in [2.24, 2.45) is 5.41 Å². The predicted octanol–water partition coefficient (Wildman–Crippen LogP) is 6.11. The van der Waals surface area contributed by atoms with Gasteiger partial charge in [0.1, 0.15) is 11.2 Å². The number of aromatic nitrogens is 2. The van der Waals surface area contributed by atoms with E-state index in [0.29, 0.717) is 11.0 Å². The monoisotopic (exact) mass is 503 g/mol. The Hall–Kier alpha value is -3.26. The van der Waals surface area contributed by atoms with Crippen LogP contribution in [-0.2, 0) is 0 Å². The summed E-state index contributed by atoms with van der Waals surface area (Å²) in [5.41, 5.74) is -4.01. The molecule has 0 spiro atoms. The minimum absolute atomic E-state index is 0.0122. The molecule has 0 bridgehead atoms. The molecule has 1 aliphatic rings. The molecule has 4 rings (SSSR count). The highest BCUT2D eigenvalue weighted by atomic mass is 35.5. The third-order valence-electron chi connectivity index (χ3n) is 5.25. The highest BCUT2D eigenvalue weighted by Gasteiger charge is 2.62. The van der Waals surface area contributed by atoms with Crippen LogP contribution in [0.3, 0.4) is 0 Å². The highest BCUT2D eigenvalue weighted by molar-refractivity contribution is 6.31. The van der Waals surface area contributed by atoms with Crippen LogP contribution in [0, 0.1) is 23.1 Å². The molecule has 1 aliphatic carbocycles. The van der Waals surface area contributed by atoms with Gasteiger partial charge in [-0.3, -0.25) is 4.90 Å². The summed E-state index contributed by atoms with van der Waals surface area (Å²) in [6.45, 7) is 0. The van der Waals surface area contributed by atoms with Gasteiger partial charge in [-0.05, 0) is 49.2 Å². The van der Waals surface area contributed by atoms with Crippen LogP contribution in [-0.4, -0.2) is 28.9 Å². The summed E-state index contributed by atoms with van der Waals surface area (Å²) in [5, 5.41) is 0.192. The van der Waals surface area contributed by atoms with E-state index < -0.39 is 47.3 Å². The number of hydrogen-bond donors (Lipinski definition) is 1.